The van der Waals surface area contributed by atoms with Crippen molar-refractivity contribution >= 4 is 40.8 Å². The fourth-order valence-electron chi connectivity index (χ4n) is 2.18. The van der Waals surface area contributed by atoms with Crippen LogP contribution in [0.3, 0.4) is 0 Å². The van der Waals surface area contributed by atoms with Crippen molar-refractivity contribution in [1.29, 1.82) is 0 Å². The molecule has 1 aliphatic rings. The van der Waals surface area contributed by atoms with E-state index in [0.29, 0.717) is 34.5 Å². The number of carbonyl (C=O) groups excluding carboxylic acids is 2. The average molecular weight is 378 g/mol. The fourth-order valence-corrected chi connectivity index (χ4v) is 2.87. The van der Waals surface area contributed by atoms with Crippen LogP contribution in [0.2, 0.25) is 0 Å². The molecule has 10 heteroatoms. The normalized spacial score (nSPS) is 13.3. The number of aryl methyl sites for hydroxylation is 1. The topological polar surface area (TPSA) is 129 Å². The number of nitrogen functional groups attached to an aromatic ring is 1. The van der Waals surface area contributed by atoms with E-state index in [1.807, 2.05) is 0 Å². The monoisotopic (exact) mass is 378 g/mol. The molecule has 138 valence electrons. The van der Waals surface area contributed by atoms with Gasteiger partial charge in [-0.15, -0.1) is 11.8 Å². The van der Waals surface area contributed by atoms with Crippen LogP contribution in [-0.4, -0.2) is 34.8 Å². The summed E-state index contributed by atoms with van der Waals surface area (Å²) < 4.78 is 15.4. The van der Waals surface area contributed by atoms with Crippen LogP contribution in [0.15, 0.2) is 22.7 Å². The number of ether oxygens (including phenoxy) is 2. The molecule has 0 fully saturated rings. The highest BCUT2D eigenvalue weighted by Crippen LogP contribution is 2.38. The highest BCUT2D eigenvalue weighted by molar-refractivity contribution is 8.01. The Balaban J connectivity index is 1.50. The van der Waals surface area contributed by atoms with E-state index in [1.165, 1.54) is 11.8 Å². The van der Waals surface area contributed by atoms with Crippen LogP contribution in [0.25, 0.3) is 0 Å². The summed E-state index contributed by atoms with van der Waals surface area (Å²) in [6.45, 7) is 3.56. The molecule has 9 nitrogen and oxygen atoms in total. The maximum atomic E-state index is 12.1. The molecule has 0 aliphatic carbocycles. The van der Waals surface area contributed by atoms with Gasteiger partial charge in [0, 0.05) is 18.2 Å². The third-order valence-corrected chi connectivity index (χ3v) is 4.67. The van der Waals surface area contributed by atoms with Crippen molar-refractivity contribution in [3.8, 4) is 11.5 Å². The third-order valence-electron chi connectivity index (χ3n) is 3.53. The van der Waals surface area contributed by atoms with Gasteiger partial charge < -0.3 is 30.4 Å². The van der Waals surface area contributed by atoms with E-state index in [0.717, 1.165) is 0 Å². The first-order valence-corrected chi connectivity index (χ1v) is 8.82. The van der Waals surface area contributed by atoms with Gasteiger partial charge in [0.05, 0.1) is 22.4 Å². The van der Waals surface area contributed by atoms with Gasteiger partial charge >= 0.3 is 0 Å². The lowest BCUT2D eigenvalue weighted by Crippen LogP contribution is -2.25. The van der Waals surface area contributed by atoms with Crippen molar-refractivity contribution in [3.05, 3.63) is 24.0 Å². The summed E-state index contributed by atoms with van der Waals surface area (Å²) >= 11 is 1.19. The number of rotatable bonds is 6. The van der Waals surface area contributed by atoms with Gasteiger partial charge in [0.25, 0.3) is 0 Å². The predicted molar refractivity (Wildman–Crippen MR) is 97.4 cm³/mol. The van der Waals surface area contributed by atoms with Crippen molar-refractivity contribution in [1.82, 2.24) is 5.16 Å². The molecule has 1 atom stereocenters. The number of aromatic nitrogens is 1. The molecular weight excluding hydrogens is 360 g/mol. The zero-order chi connectivity index (χ0) is 18.7. The Labute approximate surface area is 153 Å². The van der Waals surface area contributed by atoms with Crippen LogP contribution < -0.4 is 25.8 Å². The van der Waals surface area contributed by atoms with Crippen molar-refractivity contribution in [2.45, 2.75) is 19.1 Å². The van der Waals surface area contributed by atoms with Crippen LogP contribution >= 0.6 is 11.8 Å². The van der Waals surface area contributed by atoms with Crippen LogP contribution in [0.1, 0.15) is 12.7 Å². The minimum atomic E-state index is -0.452. The summed E-state index contributed by atoms with van der Waals surface area (Å²) in [4.78, 5) is 24.2. The second kappa shape index (κ2) is 7.56. The molecule has 2 heterocycles. The second-order valence-corrected chi connectivity index (χ2v) is 6.94. The standard InChI is InChI=1S/C16H18N4O5S/c1-8-3-14(20-25-8)19-16(22)9(2)26-6-15(21)18-11-5-13-12(4-10(11)17)23-7-24-13/h3-5,9H,6-7,17H2,1-2H3,(H,18,21)(H,19,20,22). The zero-order valence-corrected chi connectivity index (χ0v) is 15.0. The number of amides is 2. The fraction of sp³-hybridized carbons (Fsp3) is 0.312. The minimum Gasteiger partial charge on any atom is -0.454 e. The molecule has 4 N–H and O–H groups in total. The molecule has 2 amide bonds. The van der Waals surface area contributed by atoms with Gasteiger partial charge in [-0.3, -0.25) is 9.59 Å². The van der Waals surface area contributed by atoms with Gasteiger partial charge in [-0.1, -0.05) is 5.16 Å². The van der Waals surface area contributed by atoms with E-state index < -0.39 is 5.25 Å². The van der Waals surface area contributed by atoms with E-state index in [9.17, 15) is 9.59 Å². The van der Waals surface area contributed by atoms with Crippen molar-refractivity contribution < 1.29 is 23.6 Å². The van der Waals surface area contributed by atoms with E-state index >= 15 is 0 Å². The summed E-state index contributed by atoms with van der Waals surface area (Å²) in [6, 6.07) is 4.83. The number of fused-ring (bicyclic) bond motifs is 1. The zero-order valence-electron chi connectivity index (χ0n) is 14.2. The maximum absolute atomic E-state index is 12.1. The Kier molecular flexibility index (Phi) is 5.21. The molecule has 0 saturated heterocycles. The Morgan fingerprint density at radius 1 is 1.27 bits per heavy atom. The van der Waals surface area contributed by atoms with Crippen LogP contribution in [0.5, 0.6) is 11.5 Å². The maximum Gasteiger partial charge on any atom is 0.238 e. The lowest BCUT2D eigenvalue weighted by atomic mass is 10.2. The second-order valence-electron chi connectivity index (χ2n) is 5.61. The number of benzene rings is 1. The number of thioether (sulfide) groups is 1. The highest BCUT2D eigenvalue weighted by Gasteiger charge is 2.19. The molecule has 1 aromatic carbocycles. The highest BCUT2D eigenvalue weighted by atomic mass is 32.2. The Morgan fingerprint density at radius 2 is 2.00 bits per heavy atom. The van der Waals surface area contributed by atoms with Crippen molar-refractivity contribution in [3.63, 3.8) is 0 Å². The van der Waals surface area contributed by atoms with Crippen molar-refractivity contribution in [2.75, 3.05) is 28.9 Å². The number of carbonyl (C=O) groups is 2. The number of hydrogen-bond donors (Lipinski definition) is 3. The first-order valence-electron chi connectivity index (χ1n) is 7.77. The average Bonchev–Trinajstić information content (AvgIpc) is 3.21. The molecule has 0 bridgehead atoms. The van der Waals surface area contributed by atoms with Crippen LogP contribution in [-0.2, 0) is 9.59 Å². The Morgan fingerprint density at radius 3 is 2.69 bits per heavy atom. The molecule has 1 unspecified atom stereocenters. The molecule has 26 heavy (non-hydrogen) atoms. The van der Waals surface area contributed by atoms with Gasteiger partial charge in [-0.05, 0) is 13.8 Å². The number of nitrogens with one attached hydrogen (secondary N) is 2. The van der Waals surface area contributed by atoms with E-state index in [1.54, 1.807) is 32.0 Å². The number of hydrogen-bond acceptors (Lipinski definition) is 8. The molecule has 2 aromatic rings. The summed E-state index contributed by atoms with van der Waals surface area (Å²) in [5.74, 6) is 1.55. The molecule has 0 spiro atoms. The molecule has 0 radical (unpaired) electrons. The largest absolute Gasteiger partial charge is 0.454 e. The first-order chi connectivity index (χ1) is 12.4. The quantitative estimate of drug-likeness (QED) is 0.651. The summed E-state index contributed by atoms with van der Waals surface area (Å²) in [5.41, 5.74) is 6.71. The number of nitrogens with two attached hydrogens (primary N) is 1. The van der Waals surface area contributed by atoms with E-state index in [2.05, 4.69) is 15.8 Å². The lowest BCUT2D eigenvalue weighted by molar-refractivity contribution is -0.115. The molecule has 0 saturated carbocycles. The first kappa shape index (κ1) is 17.9. The van der Waals surface area contributed by atoms with E-state index in [4.69, 9.17) is 19.7 Å². The van der Waals surface area contributed by atoms with Crippen molar-refractivity contribution in [2.24, 2.45) is 0 Å². The molecule has 3 rings (SSSR count). The number of nitrogens with zero attached hydrogens (tertiary/aromatic N) is 1. The molecule has 1 aromatic heterocycles. The van der Waals surface area contributed by atoms with Gasteiger partial charge in [-0.25, -0.2) is 0 Å². The molecule has 1 aliphatic heterocycles. The SMILES string of the molecule is Cc1cc(NC(=O)C(C)SCC(=O)Nc2cc3c(cc2N)OCO3)no1. The smallest absolute Gasteiger partial charge is 0.238 e. The van der Waals surface area contributed by atoms with Crippen LogP contribution in [0, 0.1) is 6.92 Å². The van der Waals surface area contributed by atoms with E-state index in [-0.39, 0.29) is 24.4 Å². The Bertz CT molecular complexity index is 838. The summed E-state index contributed by atoms with van der Waals surface area (Å²) in [6.07, 6.45) is 0. The van der Waals surface area contributed by atoms with Gasteiger partial charge in [-0.2, -0.15) is 0 Å². The predicted octanol–water partition coefficient (Wildman–Crippen LogP) is 1.99. The lowest BCUT2D eigenvalue weighted by Gasteiger charge is -2.12. The van der Waals surface area contributed by atoms with Gasteiger partial charge in [0.15, 0.2) is 17.3 Å². The number of anilines is 3. The summed E-state index contributed by atoms with van der Waals surface area (Å²) in [5, 5.41) is 8.58. The Hall–Kier alpha value is -2.88. The minimum absolute atomic E-state index is 0.0836. The molecular formula is C16H18N4O5S. The summed E-state index contributed by atoms with van der Waals surface area (Å²) in [7, 11) is 0. The third kappa shape index (κ3) is 4.20. The van der Waals surface area contributed by atoms with Crippen LogP contribution in [0.4, 0.5) is 17.2 Å². The van der Waals surface area contributed by atoms with Gasteiger partial charge in [0.1, 0.15) is 5.76 Å². The van der Waals surface area contributed by atoms with Gasteiger partial charge in [0.2, 0.25) is 18.6 Å².